The SMILES string of the molecule is CC(C)(C)OC(=O)C1NC=CCCC1C(=O)OCc1ccccc1. The molecule has 1 aliphatic heterocycles. The Labute approximate surface area is 143 Å². The lowest BCUT2D eigenvalue weighted by Gasteiger charge is -2.27. The van der Waals surface area contributed by atoms with Gasteiger partial charge in [-0.25, -0.2) is 4.79 Å². The van der Waals surface area contributed by atoms with Gasteiger partial charge in [0, 0.05) is 0 Å². The van der Waals surface area contributed by atoms with Crippen molar-refractivity contribution in [3.8, 4) is 0 Å². The van der Waals surface area contributed by atoms with Crippen molar-refractivity contribution in [1.82, 2.24) is 5.32 Å². The molecule has 24 heavy (non-hydrogen) atoms. The molecule has 0 bridgehead atoms. The molecule has 0 saturated heterocycles. The number of allylic oxidation sites excluding steroid dienone is 1. The van der Waals surface area contributed by atoms with E-state index in [0.29, 0.717) is 12.8 Å². The van der Waals surface area contributed by atoms with Crippen LogP contribution in [0.5, 0.6) is 0 Å². The molecule has 2 atom stereocenters. The first kappa shape index (κ1) is 18.0. The van der Waals surface area contributed by atoms with Crippen LogP contribution in [0.4, 0.5) is 0 Å². The summed E-state index contributed by atoms with van der Waals surface area (Å²) in [7, 11) is 0. The zero-order valence-electron chi connectivity index (χ0n) is 14.5. The zero-order chi connectivity index (χ0) is 17.6. The summed E-state index contributed by atoms with van der Waals surface area (Å²) in [5.74, 6) is -1.39. The largest absolute Gasteiger partial charge is 0.461 e. The standard InChI is InChI=1S/C19H25NO4/c1-19(2,3)24-18(22)16-15(11-7-8-12-20-16)17(21)23-13-14-9-5-4-6-10-14/h4-6,8-10,12,15-16,20H,7,11,13H2,1-3H3. The molecule has 0 aliphatic carbocycles. The Morgan fingerprint density at radius 1 is 1.17 bits per heavy atom. The number of hydrogen-bond acceptors (Lipinski definition) is 5. The Hall–Kier alpha value is -2.30. The van der Waals surface area contributed by atoms with E-state index in [4.69, 9.17) is 9.47 Å². The molecular formula is C19H25NO4. The predicted molar refractivity (Wildman–Crippen MR) is 90.9 cm³/mol. The zero-order valence-corrected chi connectivity index (χ0v) is 14.5. The maximum atomic E-state index is 12.5. The van der Waals surface area contributed by atoms with Crippen molar-refractivity contribution in [2.75, 3.05) is 0 Å². The van der Waals surface area contributed by atoms with Gasteiger partial charge in [-0.05, 0) is 45.4 Å². The molecule has 2 unspecified atom stereocenters. The summed E-state index contributed by atoms with van der Waals surface area (Å²) < 4.78 is 10.9. The lowest BCUT2D eigenvalue weighted by Crippen LogP contribution is -2.46. The van der Waals surface area contributed by atoms with Gasteiger partial charge in [0.1, 0.15) is 18.2 Å². The molecule has 5 nitrogen and oxygen atoms in total. The molecule has 130 valence electrons. The first-order valence-corrected chi connectivity index (χ1v) is 8.21. The molecule has 1 aromatic carbocycles. The van der Waals surface area contributed by atoms with Gasteiger partial charge >= 0.3 is 11.9 Å². The number of esters is 2. The molecule has 0 amide bonds. The summed E-state index contributed by atoms with van der Waals surface area (Å²) in [6.45, 7) is 5.62. The van der Waals surface area contributed by atoms with Gasteiger partial charge in [-0.15, -0.1) is 0 Å². The van der Waals surface area contributed by atoms with E-state index < -0.39 is 23.5 Å². The van der Waals surface area contributed by atoms with Crippen LogP contribution < -0.4 is 5.32 Å². The maximum Gasteiger partial charge on any atom is 0.329 e. The molecule has 1 N–H and O–H groups in total. The molecule has 1 aromatic rings. The number of rotatable bonds is 4. The fraction of sp³-hybridized carbons (Fsp3) is 0.474. The van der Waals surface area contributed by atoms with Crippen molar-refractivity contribution >= 4 is 11.9 Å². The quantitative estimate of drug-likeness (QED) is 0.859. The summed E-state index contributed by atoms with van der Waals surface area (Å²) in [6.07, 6.45) is 4.86. The molecule has 2 rings (SSSR count). The third kappa shape index (κ3) is 5.41. The number of hydrogen-bond donors (Lipinski definition) is 1. The average Bonchev–Trinajstić information content (AvgIpc) is 2.78. The van der Waals surface area contributed by atoms with Crippen molar-refractivity contribution in [1.29, 1.82) is 0 Å². The molecule has 5 heteroatoms. The van der Waals surface area contributed by atoms with Gasteiger partial charge in [-0.1, -0.05) is 36.4 Å². The Morgan fingerprint density at radius 2 is 1.88 bits per heavy atom. The first-order chi connectivity index (χ1) is 11.4. The van der Waals surface area contributed by atoms with Gasteiger partial charge < -0.3 is 14.8 Å². The van der Waals surface area contributed by atoms with E-state index in [2.05, 4.69) is 5.32 Å². The molecule has 1 aliphatic rings. The third-order valence-corrected chi connectivity index (χ3v) is 3.63. The van der Waals surface area contributed by atoms with E-state index in [0.717, 1.165) is 5.56 Å². The van der Waals surface area contributed by atoms with Gasteiger partial charge in [-0.2, -0.15) is 0 Å². The van der Waals surface area contributed by atoms with Crippen molar-refractivity contribution < 1.29 is 19.1 Å². The van der Waals surface area contributed by atoms with E-state index in [-0.39, 0.29) is 12.6 Å². The van der Waals surface area contributed by atoms with Crippen molar-refractivity contribution in [3.05, 3.63) is 48.2 Å². The number of carbonyl (C=O) groups excluding carboxylic acids is 2. The normalized spacial score (nSPS) is 20.6. The van der Waals surface area contributed by atoms with E-state index >= 15 is 0 Å². The Kier molecular flexibility index (Phi) is 6.01. The third-order valence-electron chi connectivity index (χ3n) is 3.63. The monoisotopic (exact) mass is 331 g/mol. The highest BCUT2D eigenvalue weighted by atomic mass is 16.6. The van der Waals surface area contributed by atoms with Crippen LogP contribution in [0, 0.1) is 5.92 Å². The summed E-state index contributed by atoms with van der Waals surface area (Å²) >= 11 is 0. The topological polar surface area (TPSA) is 64.6 Å². The van der Waals surface area contributed by atoms with Gasteiger partial charge in [0.2, 0.25) is 0 Å². The lowest BCUT2D eigenvalue weighted by atomic mass is 9.95. The van der Waals surface area contributed by atoms with E-state index in [1.54, 1.807) is 27.0 Å². The van der Waals surface area contributed by atoms with Crippen molar-refractivity contribution in [2.24, 2.45) is 5.92 Å². The highest BCUT2D eigenvalue weighted by Gasteiger charge is 2.37. The van der Waals surface area contributed by atoms with Crippen molar-refractivity contribution in [3.63, 3.8) is 0 Å². The van der Waals surface area contributed by atoms with Crippen molar-refractivity contribution in [2.45, 2.75) is 51.9 Å². The fourth-order valence-electron chi connectivity index (χ4n) is 2.50. The minimum atomic E-state index is -0.730. The number of nitrogens with one attached hydrogen (secondary N) is 1. The summed E-state index contributed by atoms with van der Waals surface area (Å²) in [5.41, 5.74) is 0.312. The smallest absolute Gasteiger partial charge is 0.329 e. The van der Waals surface area contributed by atoms with E-state index in [1.165, 1.54) is 0 Å². The van der Waals surface area contributed by atoms with Gasteiger partial charge in [0.15, 0.2) is 0 Å². The Morgan fingerprint density at radius 3 is 2.54 bits per heavy atom. The van der Waals surface area contributed by atoms with Crippen LogP contribution in [-0.2, 0) is 25.7 Å². The van der Waals surface area contributed by atoms with Gasteiger partial charge in [0.05, 0.1) is 5.92 Å². The number of ether oxygens (including phenoxy) is 2. The first-order valence-electron chi connectivity index (χ1n) is 8.21. The number of carbonyl (C=O) groups is 2. The van der Waals surface area contributed by atoms with Gasteiger partial charge in [0.25, 0.3) is 0 Å². The maximum absolute atomic E-state index is 12.5. The number of benzene rings is 1. The van der Waals surface area contributed by atoms with Crippen LogP contribution in [-0.4, -0.2) is 23.6 Å². The van der Waals surface area contributed by atoms with Crippen LogP contribution in [0.25, 0.3) is 0 Å². The highest BCUT2D eigenvalue weighted by Crippen LogP contribution is 2.21. The predicted octanol–water partition coefficient (Wildman–Crippen LogP) is 2.95. The van der Waals surface area contributed by atoms with Crippen LogP contribution in [0.1, 0.15) is 39.2 Å². The molecular weight excluding hydrogens is 306 g/mol. The highest BCUT2D eigenvalue weighted by molar-refractivity contribution is 5.85. The molecule has 0 radical (unpaired) electrons. The Balaban J connectivity index is 2.03. The Bertz CT molecular complexity index is 589. The second-order valence-electron chi connectivity index (χ2n) is 6.86. The average molecular weight is 331 g/mol. The molecule has 0 aromatic heterocycles. The molecule has 0 fully saturated rings. The molecule has 0 spiro atoms. The summed E-state index contributed by atoms with van der Waals surface area (Å²) in [5, 5.41) is 2.98. The second-order valence-corrected chi connectivity index (χ2v) is 6.86. The van der Waals surface area contributed by atoms with Crippen LogP contribution in [0.2, 0.25) is 0 Å². The summed E-state index contributed by atoms with van der Waals surface area (Å²) in [6, 6.07) is 8.75. The van der Waals surface area contributed by atoms with E-state index in [1.807, 2.05) is 36.4 Å². The molecule has 1 heterocycles. The van der Waals surface area contributed by atoms with Crippen LogP contribution in [0.15, 0.2) is 42.6 Å². The second kappa shape index (κ2) is 7.99. The van der Waals surface area contributed by atoms with Gasteiger partial charge in [-0.3, -0.25) is 4.79 Å². The minimum Gasteiger partial charge on any atom is -0.461 e. The fourth-order valence-corrected chi connectivity index (χ4v) is 2.50. The van der Waals surface area contributed by atoms with Crippen LogP contribution >= 0.6 is 0 Å². The van der Waals surface area contributed by atoms with E-state index in [9.17, 15) is 9.59 Å². The minimum absolute atomic E-state index is 0.199. The molecule has 0 saturated carbocycles. The summed E-state index contributed by atoms with van der Waals surface area (Å²) in [4.78, 5) is 24.9. The lowest BCUT2D eigenvalue weighted by molar-refractivity contribution is -0.165. The van der Waals surface area contributed by atoms with Crippen LogP contribution in [0.3, 0.4) is 0 Å².